The van der Waals surface area contributed by atoms with E-state index in [1.54, 1.807) is 0 Å². The third kappa shape index (κ3) is 5.33. The van der Waals surface area contributed by atoms with Crippen LogP contribution < -0.4 is 0 Å². The Bertz CT molecular complexity index is 872. The molecule has 0 saturated heterocycles. The zero-order chi connectivity index (χ0) is 22.7. The standard InChI is InChI=1S/C28H41NO/c1-16(2)21-12-24(19(7)8)28(25(13-21)20(9)10)29-15-26-23(18(5)6)11-22(17(3)4)14-27(26)30/h11-20,30H,1-10H3. The topological polar surface area (TPSA) is 32.6 Å². The van der Waals surface area contributed by atoms with Crippen LogP contribution in [0, 0.1) is 0 Å². The van der Waals surface area contributed by atoms with Crippen molar-refractivity contribution < 1.29 is 5.11 Å². The van der Waals surface area contributed by atoms with E-state index in [0.717, 1.165) is 16.8 Å². The van der Waals surface area contributed by atoms with Gasteiger partial charge in [0.2, 0.25) is 0 Å². The molecular formula is C28H41NO. The Morgan fingerprint density at radius 3 is 1.40 bits per heavy atom. The van der Waals surface area contributed by atoms with Crippen LogP contribution in [0.15, 0.2) is 29.3 Å². The van der Waals surface area contributed by atoms with Crippen molar-refractivity contribution in [2.75, 3.05) is 0 Å². The Balaban J connectivity index is 2.70. The molecule has 0 aliphatic carbocycles. The van der Waals surface area contributed by atoms with Crippen LogP contribution in [-0.4, -0.2) is 11.3 Å². The molecule has 0 aromatic heterocycles. The second-order valence-electron chi connectivity index (χ2n) is 10.1. The lowest BCUT2D eigenvalue weighted by Crippen LogP contribution is -2.02. The molecule has 0 amide bonds. The van der Waals surface area contributed by atoms with E-state index in [4.69, 9.17) is 4.99 Å². The van der Waals surface area contributed by atoms with Gasteiger partial charge in [0.1, 0.15) is 5.75 Å². The summed E-state index contributed by atoms with van der Waals surface area (Å²) in [6, 6.07) is 8.76. The summed E-state index contributed by atoms with van der Waals surface area (Å²) >= 11 is 0. The largest absolute Gasteiger partial charge is 0.507 e. The highest BCUT2D eigenvalue weighted by molar-refractivity contribution is 5.88. The van der Waals surface area contributed by atoms with Gasteiger partial charge < -0.3 is 5.11 Å². The van der Waals surface area contributed by atoms with E-state index in [1.165, 1.54) is 22.3 Å². The first kappa shape index (κ1) is 24.2. The maximum absolute atomic E-state index is 10.8. The molecule has 0 aliphatic heterocycles. The predicted octanol–water partition coefficient (Wildman–Crippen LogP) is 8.76. The second kappa shape index (κ2) is 9.81. The quantitative estimate of drug-likeness (QED) is 0.457. The molecule has 1 N–H and O–H groups in total. The summed E-state index contributed by atoms with van der Waals surface area (Å²) in [6.45, 7) is 22.1. The average Bonchev–Trinajstić information content (AvgIpc) is 2.65. The summed E-state index contributed by atoms with van der Waals surface area (Å²) in [5.41, 5.74) is 8.15. The summed E-state index contributed by atoms with van der Waals surface area (Å²) in [4.78, 5) is 5.01. The Hall–Kier alpha value is -2.09. The molecule has 0 aliphatic rings. The first-order chi connectivity index (χ1) is 13.9. The van der Waals surface area contributed by atoms with Gasteiger partial charge in [-0.1, -0.05) is 87.4 Å². The van der Waals surface area contributed by atoms with Gasteiger partial charge in [-0.15, -0.1) is 0 Å². The van der Waals surface area contributed by atoms with E-state index in [-0.39, 0.29) is 0 Å². The van der Waals surface area contributed by atoms with Crippen molar-refractivity contribution in [1.29, 1.82) is 0 Å². The maximum Gasteiger partial charge on any atom is 0.124 e. The number of rotatable bonds is 7. The van der Waals surface area contributed by atoms with Gasteiger partial charge in [0.25, 0.3) is 0 Å². The fraction of sp³-hybridized carbons (Fsp3) is 0.536. The van der Waals surface area contributed by atoms with Gasteiger partial charge in [-0.2, -0.15) is 0 Å². The minimum atomic E-state index is 0.313. The van der Waals surface area contributed by atoms with Crippen LogP contribution in [0.2, 0.25) is 0 Å². The van der Waals surface area contributed by atoms with Crippen molar-refractivity contribution in [2.45, 2.75) is 98.8 Å². The molecule has 2 rings (SSSR count). The minimum Gasteiger partial charge on any atom is -0.507 e. The lowest BCUT2D eigenvalue weighted by atomic mass is 9.87. The highest BCUT2D eigenvalue weighted by atomic mass is 16.3. The Kier molecular flexibility index (Phi) is 7.91. The average molecular weight is 408 g/mol. The zero-order valence-electron chi connectivity index (χ0n) is 20.7. The predicted molar refractivity (Wildman–Crippen MR) is 132 cm³/mol. The number of hydrogen-bond acceptors (Lipinski definition) is 2. The molecule has 0 radical (unpaired) electrons. The molecule has 2 aromatic carbocycles. The first-order valence-corrected chi connectivity index (χ1v) is 11.5. The molecule has 2 heteroatoms. The SMILES string of the molecule is CC(C)c1cc(O)c(C=Nc2c(C(C)C)cc(C(C)C)cc2C(C)C)c(C(C)C)c1. The van der Waals surface area contributed by atoms with Crippen LogP contribution in [0.4, 0.5) is 5.69 Å². The Morgan fingerprint density at radius 1 is 0.600 bits per heavy atom. The highest BCUT2D eigenvalue weighted by Crippen LogP contribution is 2.38. The van der Waals surface area contributed by atoms with Crippen LogP contribution in [-0.2, 0) is 0 Å². The van der Waals surface area contributed by atoms with Crippen molar-refractivity contribution in [3.63, 3.8) is 0 Å². The van der Waals surface area contributed by atoms with E-state index < -0.39 is 0 Å². The number of phenolic OH excluding ortho intramolecular Hbond substituents is 1. The van der Waals surface area contributed by atoms with Gasteiger partial charge in [0.05, 0.1) is 5.69 Å². The summed E-state index contributed by atoms with van der Waals surface area (Å²) < 4.78 is 0. The fourth-order valence-corrected chi connectivity index (χ4v) is 3.83. The van der Waals surface area contributed by atoms with Gasteiger partial charge in [-0.05, 0) is 63.5 Å². The van der Waals surface area contributed by atoms with Gasteiger partial charge in [0, 0.05) is 11.8 Å². The third-order valence-corrected chi connectivity index (χ3v) is 5.93. The van der Waals surface area contributed by atoms with Gasteiger partial charge in [-0.3, -0.25) is 4.99 Å². The smallest absolute Gasteiger partial charge is 0.124 e. The lowest BCUT2D eigenvalue weighted by molar-refractivity contribution is 0.472. The number of hydrogen-bond donors (Lipinski definition) is 1. The first-order valence-electron chi connectivity index (χ1n) is 11.5. The van der Waals surface area contributed by atoms with Crippen molar-refractivity contribution >= 4 is 11.9 Å². The van der Waals surface area contributed by atoms with Gasteiger partial charge in [0.15, 0.2) is 0 Å². The molecule has 2 aromatic rings. The fourth-order valence-electron chi connectivity index (χ4n) is 3.83. The van der Waals surface area contributed by atoms with E-state index in [9.17, 15) is 5.11 Å². The number of aliphatic imine (C=N–C) groups is 1. The third-order valence-electron chi connectivity index (χ3n) is 5.93. The number of benzene rings is 2. The maximum atomic E-state index is 10.8. The lowest BCUT2D eigenvalue weighted by Gasteiger charge is -2.21. The van der Waals surface area contributed by atoms with E-state index in [1.807, 2.05) is 12.3 Å². The second-order valence-corrected chi connectivity index (χ2v) is 10.1. The van der Waals surface area contributed by atoms with Crippen molar-refractivity contribution in [3.8, 4) is 5.75 Å². The van der Waals surface area contributed by atoms with Gasteiger partial charge in [-0.25, -0.2) is 0 Å². The molecular weight excluding hydrogens is 366 g/mol. The summed E-state index contributed by atoms with van der Waals surface area (Å²) in [5, 5.41) is 10.8. The van der Waals surface area contributed by atoms with E-state index in [0.29, 0.717) is 35.3 Å². The Morgan fingerprint density at radius 2 is 1.00 bits per heavy atom. The summed E-state index contributed by atoms with van der Waals surface area (Å²) in [6.07, 6.45) is 1.89. The molecule has 0 fully saturated rings. The normalized spacial score (nSPS) is 12.5. The van der Waals surface area contributed by atoms with Gasteiger partial charge >= 0.3 is 0 Å². The molecule has 30 heavy (non-hydrogen) atoms. The monoisotopic (exact) mass is 407 g/mol. The molecule has 0 atom stereocenters. The molecule has 2 nitrogen and oxygen atoms in total. The van der Waals surface area contributed by atoms with Crippen molar-refractivity contribution in [3.05, 3.63) is 57.6 Å². The van der Waals surface area contributed by atoms with E-state index in [2.05, 4.69) is 87.4 Å². The molecule has 0 heterocycles. The molecule has 0 saturated carbocycles. The van der Waals surface area contributed by atoms with Crippen LogP contribution in [0.25, 0.3) is 0 Å². The van der Waals surface area contributed by atoms with Crippen molar-refractivity contribution in [2.24, 2.45) is 4.99 Å². The number of nitrogens with zero attached hydrogens (tertiary/aromatic N) is 1. The minimum absolute atomic E-state index is 0.313. The van der Waals surface area contributed by atoms with Crippen LogP contribution in [0.3, 0.4) is 0 Å². The van der Waals surface area contributed by atoms with Crippen LogP contribution in [0.1, 0.15) is 132 Å². The summed E-state index contributed by atoms with van der Waals surface area (Å²) in [5.74, 6) is 2.27. The van der Waals surface area contributed by atoms with Crippen LogP contribution in [0.5, 0.6) is 5.75 Å². The molecule has 0 unspecified atom stereocenters. The molecule has 164 valence electrons. The molecule has 0 bridgehead atoms. The summed E-state index contributed by atoms with van der Waals surface area (Å²) in [7, 11) is 0. The van der Waals surface area contributed by atoms with E-state index >= 15 is 0 Å². The highest BCUT2D eigenvalue weighted by Gasteiger charge is 2.18. The van der Waals surface area contributed by atoms with Crippen molar-refractivity contribution in [1.82, 2.24) is 0 Å². The van der Waals surface area contributed by atoms with Crippen LogP contribution >= 0.6 is 0 Å². The number of aromatic hydroxyl groups is 1. The zero-order valence-corrected chi connectivity index (χ0v) is 20.7. The molecule has 0 spiro atoms. The number of phenols is 1. The Labute approximate surface area is 184 Å².